The molecule has 3 nitrogen and oxygen atoms in total. The van der Waals surface area contributed by atoms with Gasteiger partial charge in [0, 0.05) is 11.4 Å². The number of benzene rings is 1. The van der Waals surface area contributed by atoms with Crippen LogP contribution in [0.1, 0.15) is 30.0 Å². The van der Waals surface area contributed by atoms with Gasteiger partial charge in [-0.2, -0.15) is 0 Å². The van der Waals surface area contributed by atoms with Gasteiger partial charge < -0.3 is 9.73 Å². The lowest BCUT2D eigenvalue weighted by molar-refractivity contribution is 0.0964. The molecular weight excluding hydrogens is 214 g/mol. The molecule has 1 aromatic carbocycles. The highest BCUT2D eigenvalue weighted by molar-refractivity contribution is 5.99. The second-order valence-electron chi connectivity index (χ2n) is 4.56. The van der Waals surface area contributed by atoms with Gasteiger partial charge in [0.25, 0.3) is 0 Å². The zero-order valence-corrected chi connectivity index (χ0v) is 10.4. The molecule has 0 aliphatic heterocycles. The van der Waals surface area contributed by atoms with Gasteiger partial charge in [-0.15, -0.1) is 0 Å². The van der Waals surface area contributed by atoms with E-state index < -0.39 is 0 Å². The minimum atomic E-state index is -0.00528. The van der Waals surface area contributed by atoms with Crippen molar-refractivity contribution in [3.05, 3.63) is 35.6 Å². The molecule has 0 saturated heterocycles. The van der Waals surface area contributed by atoms with Crippen molar-refractivity contribution < 1.29 is 9.21 Å². The second kappa shape index (κ2) is 4.72. The lowest BCUT2D eigenvalue weighted by Crippen LogP contribution is -2.28. The fourth-order valence-corrected chi connectivity index (χ4v) is 1.73. The van der Waals surface area contributed by atoms with Crippen LogP contribution in [0.15, 0.2) is 28.7 Å². The maximum absolute atomic E-state index is 11.9. The maximum Gasteiger partial charge on any atom is 0.211 e. The third-order valence-corrected chi connectivity index (χ3v) is 2.69. The van der Waals surface area contributed by atoms with Crippen LogP contribution in [0.5, 0.6) is 0 Å². The highest BCUT2D eigenvalue weighted by Gasteiger charge is 2.13. The largest absolute Gasteiger partial charge is 0.453 e. The Morgan fingerprint density at radius 3 is 2.82 bits per heavy atom. The standard InChI is InChI=1S/C14H17NO2/c1-9(2)15-8-12(16)13-7-11-6-4-5-10(3)14(11)17-13/h4-7,9,15H,8H2,1-3H3. The van der Waals surface area contributed by atoms with E-state index in [9.17, 15) is 4.79 Å². The topological polar surface area (TPSA) is 42.2 Å². The Labute approximate surface area is 101 Å². The molecule has 1 N–H and O–H groups in total. The smallest absolute Gasteiger partial charge is 0.211 e. The number of Topliss-reactive ketones (excluding diaryl/α,β-unsaturated/α-hetero) is 1. The summed E-state index contributed by atoms with van der Waals surface area (Å²) >= 11 is 0. The van der Waals surface area contributed by atoms with Crippen molar-refractivity contribution >= 4 is 16.8 Å². The number of carbonyl (C=O) groups excluding carboxylic acids is 1. The highest BCUT2D eigenvalue weighted by Crippen LogP contribution is 2.22. The van der Waals surface area contributed by atoms with Gasteiger partial charge in [0.05, 0.1) is 6.54 Å². The Morgan fingerprint density at radius 2 is 2.18 bits per heavy atom. The molecule has 0 fully saturated rings. The van der Waals surface area contributed by atoms with E-state index in [0.717, 1.165) is 16.5 Å². The summed E-state index contributed by atoms with van der Waals surface area (Å²) in [6.07, 6.45) is 0. The van der Waals surface area contributed by atoms with Crippen LogP contribution >= 0.6 is 0 Å². The fraction of sp³-hybridized carbons (Fsp3) is 0.357. The maximum atomic E-state index is 11.9. The van der Waals surface area contributed by atoms with Gasteiger partial charge >= 0.3 is 0 Å². The van der Waals surface area contributed by atoms with Crippen LogP contribution in [0.4, 0.5) is 0 Å². The normalized spacial score (nSPS) is 11.3. The number of ketones is 1. The van der Waals surface area contributed by atoms with E-state index in [1.165, 1.54) is 0 Å². The lowest BCUT2D eigenvalue weighted by atomic mass is 10.2. The molecule has 2 aromatic rings. The van der Waals surface area contributed by atoms with Gasteiger partial charge in [-0.3, -0.25) is 4.79 Å². The fourth-order valence-electron chi connectivity index (χ4n) is 1.73. The first-order valence-corrected chi connectivity index (χ1v) is 5.83. The first-order chi connectivity index (χ1) is 8.08. The SMILES string of the molecule is Cc1cccc2cc(C(=O)CNC(C)C)oc12. The van der Waals surface area contributed by atoms with Gasteiger partial charge in [-0.05, 0) is 18.6 Å². The number of hydrogen-bond donors (Lipinski definition) is 1. The number of aryl methyl sites for hydroxylation is 1. The molecule has 0 spiro atoms. The number of para-hydroxylation sites is 1. The van der Waals surface area contributed by atoms with Crippen LogP contribution in [0, 0.1) is 6.92 Å². The first-order valence-electron chi connectivity index (χ1n) is 5.83. The number of fused-ring (bicyclic) bond motifs is 1. The molecule has 17 heavy (non-hydrogen) atoms. The van der Waals surface area contributed by atoms with Crippen molar-refractivity contribution in [3.8, 4) is 0 Å². The first kappa shape index (κ1) is 11.9. The molecule has 0 radical (unpaired) electrons. The van der Waals surface area contributed by atoms with E-state index in [1.54, 1.807) is 0 Å². The van der Waals surface area contributed by atoms with Gasteiger partial charge in [0.2, 0.25) is 5.78 Å². The van der Waals surface area contributed by atoms with Crippen LogP contribution in [-0.2, 0) is 0 Å². The van der Waals surface area contributed by atoms with Crippen LogP contribution in [0.25, 0.3) is 11.0 Å². The molecular formula is C14H17NO2. The molecule has 0 bridgehead atoms. The zero-order valence-electron chi connectivity index (χ0n) is 10.4. The molecule has 1 heterocycles. The van der Waals surface area contributed by atoms with Gasteiger partial charge in [0.1, 0.15) is 5.58 Å². The van der Waals surface area contributed by atoms with E-state index in [2.05, 4.69) is 5.32 Å². The molecule has 3 heteroatoms. The summed E-state index contributed by atoms with van der Waals surface area (Å²) in [5, 5.41) is 4.08. The molecule has 0 aliphatic carbocycles. The van der Waals surface area contributed by atoms with Gasteiger partial charge in [0.15, 0.2) is 5.76 Å². The summed E-state index contributed by atoms with van der Waals surface area (Å²) in [5.74, 6) is 0.428. The van der Waals surface area contributed by atoms with Crippen molar-refractivity contribution in [2.75, 3.05) is 6.54 Å². The molecule has 90 valence electrons. The van der Waals surface area contributed by atoms with Crippen molar-refractivity contribution in [2.45, 2.75) is 26.8 Å². The van der Waals surface area contributed by atoms with Gasteiger partial charge in [-0.25, -0.2) is 0 Å². The molecule has 0 atom stereocenters. The number of carbonyl (C=O) groups is 1. The van der Waals surface area contributed by atoms with Crippen LogP contribution in [0.3, 0.4) is 0 Å². The Balaban J connectivity index is 2.24. The summed E-state index contributed by atoms with van der Waals surface area (Å²) in [7, 11) is 0. The molecule has 2 rings (SSSR count). The Bertz CT molecular complexity index is 540. The van der Waals surface area contributed by atoms with Crippen LogP contribution in [0.2, 0.25) is 0 Å². The Morgan fingerprint density at radius 1 is 1.41 bits per heavy atom. The van der Waals surface area contributed by atoms with E-state index >= 15 is 0 Å². The summed E-state index contributed by atoms with van der Waals surface area (Å²) in [5.41, 5.74) is 1.86. The molecule has 0 unspecified atom stereocenters. The van der Waals surface area contributed by atoms with Crippen LogP contribution in [-0.4, -0.2) is 18.4 Å². The van der Waals surface area contributed by atoms with Gasteiger partial charge in [-0.1, -0.05) is 32.0 Å². The Hall–Kier alpha value is -1.61. The van der Waals surface area contributed by atoms with E-state index in [4.69, 9.17) is 4.42 Å². The van der Waals surface area contributed by atoms with Crippen molar-refractivity contribution in [2.24, 2.45) is 0 Å². The third kappa shape index (κ3) is 2.56. The van der Waals surface area contributed by atoms with Crippen molar-refractivity contribution in [1.29, 1.82) is 0 Å². The molecule has 1 aromatic heterocycles. The monoisotopic (exact) mass is 231 g/mol. The predicted octanol–water partition coefficient (Wildman–Crippen LogP) is 2.92. The van der Waals surface area contributed by atoms with E-state index in [-0.39, 0.29) is 5.78 Å². The summed E-state index contributed by atoms with van der Waals surface area (Å²) in [4.78, 5) is 11.9. The summed E-state index contributed by atoms with van der Waals surface area (Å²) < 4.78 is 5.60. The molecule has 0 saturated carbocycles. The Kier molecular flexibility index (Phi) is 3.29. The van der Waals surface area contributed by atoms with Crippen molar-refractivity contribution in [3.63, 3.8) is 0 Å². The van der Waals surface area contributed by atoms with Crippen LogP contribution < -0.4 is 5.32 Å². The summed E-state index contributed by atoms with van der Waals surface area (Å²) in [6, 6.07) is 8.01. The highest BCUT2D eigenvalue weighted by atomic mass is 16.3. The number of rotatable bonds is 4. The minimum Gasteiger partial charge on any atom is -0.453 e. The average molecular weight is 231 g/mol. The number of nitrogens with one attached hydrogen (secondary N) is 1. The zero-order chi connectivity index (χ0) is 12.4. The number of hydrogen-bond acceptors (Lipinski definition) is 3. The predicted molar refractivity (Wildman–Crippen MR) is 68.4 cm³/mol. The lowest BCUT2D eigenvalue weighted by Gasteiger charge is -2.04. The summed E-state index contributed by atoms with van der Waals surface area (Å²) in [6.45, 7) is 6.31. The molecule has 0 aliphatic rings. The van der Waals surface area contributed by atoms with E-state index in [1.807, 2.05) is 45.0 Å². The average Bonchev–Trinajstić information content (AvgIpc) is 2.71. The quantitative estimate of drug-likeness (QED) is 0.823. The molecule has 0 amide bonds. The number of furan rings is 1. The minimum absolute atomic E-state index is 0.00528. The third-order valence-electron chi connectivity index (χ3n) is 2.69. The van der Waals surface area contributed by atoms with Crippen molar-refractivity contribution in [1.82, 2.24) is 5.32 Å². The second-order valence-corrected chi connectivity index (χ2v) is 4.56. The van der Waals surface area contributed by atoms with E-state index in [0.29, 0.717) is 18.3 Å².